The summed E-state index contributed by atoms with van der Waals surface area (Å²) in [4.78, 5) is 14.5. The molecule has 0 spiro atoms. The number of thiazole rings is 1. The molecule has 0 aliphatic carbocycles. The maximum atomic E-state index is 12.5. The Morgan fingerprint density at radius 1 is 1.07 bits per heavy atom. The fourth-order valence-corrected chi connectivity index (χ4v) is 5.38. The predicted octanol–water partition coefficient (Wildman–Crippen LogP) is 3.14. The Kier molecular flexibility index (Phi) is 7.46. The van der Waals surface area contributed by atoms with E-state index in [-0.39, 0.29) is 4.87 Å². The van der Waals surface area contributed by atoms with Gasteiger partial charge in [0.1, 0.15) is 0 Å². The first-order valence-corrected chi connectivity index (χ1v) is 12.5. The summed E-state index contributed by atoms with van der Waals surface area (Å²) in [6.07, 6.45) is 1.86. The van der Waals surface area contributed by atoms with Crippen LogP contribution < -0.4 is 9.60 Å². The molecule has 0 amide bonds. The van der Waals surface area contributed by atoms with Crippen molar-refractivity contribution >= 4 is 31.6 Å². The van der Waals surface area contributed by atoms with Crippen molar-refractivity contribution in [2.45, 2.75) is 31.6 Å². The maximum Gasteiger partial charge on any atom is 0.307 e. The normalized spacial score (nSPS) is 12.1. The van der Waals surface area contributed by atoms with Crippen LogP contribution >= 0.6 is 11.3 Å². The van der Waals surface area contributed by atoms with Gasteiger partial charge in [-0.1, -0.05) is 42.0 Å². The average Bonchev–Trinajstić information content (AvgIpc) is 2.99. The summed E-state index contributed by atoms with van der Waals surface area (Å²) in [6.45, 7) is 6.83. The van der Waals surface area contributed by atoms with E-state index in [9.17, 15) is 13.2 Å². The molecule has 0 radical (unpaired) electrons. The van der Waals surface area contributed by atoms with Crippen molar-refractivity contribution in [3.8, 4) is 0 Å². The molecule has 162 valence electrons. The molecule has 0 saturated carbocycles. The zero-order chi connectivity index (χ0) is 21.7. The summed E-state index contributed by atoms with van der Waals surface area (Å²) in [5, 5.41) is 0. The fraction of sp³-hybridized carbons (Fsp3) is 0.409. The third-order valence-corrected chi connectivity index (χ3v) is 7.64. The van der Waals surface area contributed by atoms with Crippen LogP contribution in [0.15, 0.2) is 52.2 Å². The van der Waals surface area contributed by atoms with Crippen LogP contribution in [0.5, 0.6) is 0 Å². The van der Waals surface area contributed by atoms with Crippen molar-refractivity contribution in [2.24, 2.45) is 7.05 Å². The van der Waals surface area contributed by atoms with Gasteiger partial charge in [-0.15, -0.1) is 0 Å². The first kappa shape index (κ1) is 22.7. The Labute approximate surface area is 182 Å². The van der Waals surface area contributed by atoms with Gasteiger partial charge in [-0.2, -0.15) is 0 Å². The number of aryl methyl sites for hydroxylation is 2. The highest BCUT2D eigenvalue weighted by Gasteiger charge is 2.14. The third-order valence-electron chi connectivity index (χ3n) is 5.16. The Balaban J connectivity index is 1.57. The summed E-state index contributed by atoms with van der Waals surface area (Å²) in [6, 6.07) is 13.0. The molecule has 3 aromatic rings. The van der Waals surface area contributed by atoms with Crippen LogP contribution in [0, 0.1) is 6.92 Å². The monoisotopic (exact) mass is 447 g/mol. The highest BCUT2D eigenvalue weighted by molar-refractivity contribution is 7.89. The Morgan fingerprint density at radius 3 is 2.50 bits per heavy atom. The minimum atomic E-state index is -3.49. The van der Waals surface area contributed by atoms with Crippen LogP contribution in [0.3, 0.4) is 0 Å². The second-order valence-corrected chi connectivity index (χ2v) is 10.3. The van der Waals surface area contributed by atoms with Gasteiger partial charge in [0.05, 0.1) is 15.1 Å². The minimum absolute atomic E-state index is 0.0515. The Hall–Kier alpha value is -2.00. The fourth-order valence-electron chi connectivity index (χ4n) is 3.41. The summed E-state index contributed by atoms with van der Waals surface area (Å²) in [5.41, 5.74) is 3.18. The number of nitrogens with one attached hydrogen (secondary N) is 1. The predicted molar refractivity (Wildman–Crippen MR) is 124 cm³/mol. The zero-order valence-electron chi connectivity index (χ0n) is 17.7. The third kappa shape index (κ3) is 5.57. The van der Waals surface area contributed by atoms with E-state index < -0.39 is 10.0 Å². The van der Waals surface area contributed by atoms with Gasteiger partial charge < -0.3 is 9.47 Å². The van der Waals surface area contributed by atoms with Crippen LogP contribution in [0.1, 0.15) is 24.5 Å². The SMILES string of the molecule is CCCN(CCNS(=O)(=O)c1ccc(C)cc1)CCc1ccc2c(c1)sc(=O)n2C. The van der Waals surface area contributed by atoms with Gasteiger partial charge >= 0.3 is 4.87 Å². The summed E-state index contributed by atoms with van der Waals surface area (Å²) >= 11 is 1.27. The lowest BCUT2D eigenvalue weighted by atomic mass is 10.1. The van der Waals surface area contributed by atoms with Crippen molar-refractivity contribution in [1.82, 2.24) is 14.2 Å². The summed E-state index contributed by atoms with van der Waals surface area (Å²) in [7, 11) is -1.69. The van der Waals surface area contributed by atoms with E-state index in [0.29, 0.717) is 18.0 Å². The second kappa shape index (κ2) is 9.87. The highest BCUT2D eigenvalue weighted by atomic mass is 32.2. The Morgan fingerprint density at radius 2 is 1.80 bits per heavy atom. The molecule has 2 aromatic carbocycles. The summed E-state index contributed by atoms with van der Waals surface area (Å²) in [5.74, 6) is 0. The number of hydrogen-bond acceptors (Lipinski definition) is 5. The molecule has 0 unspecified atom stereocenters. The minimum Gasteiger partial charge on any atom is -0.302 e. The first-order chi connectivity index (χ1) is 14.3. The van der Waals surface area contributed by atoms with Gasteiger partial charge in [0.15, 0.2) is 0 Å². The van der Waals surface area contributed by atoms with E-state index in [0.717, 1.165) is 41.7 Å². The molecule has 0 atom stereocenters. The second-order valence-electron chi connectivity index (χ2n) is 7.53. The van der Waals surface area contributed by atoms with Gasteiger partial charge in [0, 0.05) is 26.7 Å². The van der Waals surface area contributed by atoms with Crippen molar-refractivity contribution in [1.29, 1.82) is 0 Å². The number of fused-ring (bicyclic) bond motifs is 1. The molecule has 0 fully saturated rings. The molecule has 0 aliphatic heterocycles. The topological polar surface area (TPSA) is 71.4 Å². The number of nitrogens with zero attached hydrogens (tertiary/aromatic N) is 2. The van der Waals surface area contributed by atoms with Crippen LogP contribution in [0.25, 0.3) is 10.2 Å². The van der Waals surface area contributed by atoms with E-state index in [2.05, 4.69) is 28.7 Å². The zero-order valence-corrected chi connectivity index (χ0v) is 19.4. The van der Waals surface area contributed by atoms with E-state index >= 15 is 0 Å². The van der Waals surface area contributed by atoms with Crippen molar-refractivity contribution in [3.05, 3.63) is 63.3 Å². The molecule has 0 bridgehead atoms. The van der Waals surface area contributed by atoms with E-state index in [1.54, 1.807) is 35.9 Å². The van der Waals surface area contributed by atoms with E-state index in [1.807, 2.05) is 13.0 Å². The molecular formula is C22H29N3O3S2. The van der Waals surface area contributed by atoms with Gasteiger partial charge in [-0.3, -0.25) is 4.79 Å². The van der Waals surface area contributed by atoms with Gasteiger partial charge in [-0.25, -0.2) is 13.1 Å². The lowest BCUT2D eigenvalue weighted by molar-refractivity contribution is 0.282. The molecular weight excluding hydrogens is 418 g/mol. The number of sulfonamides is 1. The number of hydrogen-bond donors (Lipinski definition) is 1. The maximum absolute atomic E-state index is 12.5. The van der Waals surface area contributed by atoms with Crippen LogP contribution in [-0.2, 0) is 23.5 Å². The highest BCUT2D eigenvalue weighted by Crippen LogP contribution is 2.18. The lowest BCUT2D eigenvalue weighted by Gasteiger charge is -2.22. The van der Waals surface area contributed by atoms with Crippen molar-refractivity contribution in [3.63, 3.8) is 0 Å². The number of rotatable bonds is 10. The smallest absolute Gasteiger partial charge is 0.302 e. The molecule has 1 N–H and O–H groups in total. The standard InChI is InChI=1S/C22H29N3O3S2/c1-4-13-25(15-12-23-30(27,28)19-8-5-17(2)6-9-19)14-11-18-7-10-20-21(16-18)29-22(26)24(20)3/h5-10,16,23H,4,11-15H2,1-3H3. The molecule has 6 nitrogen and oxygen atoms in total. The molecule has 1 aromatic heterocycles. The lowest BCUT2D eigenvalue weighted by Crippen LogP contribution is -2.36. The Bertz CT molecular complexity index is 1150. The van der Waals surface area contributed by atoms with Crippen molar-refractivity contribution < 1.29 is 8.42 Å². The van der Waals surface area contributed by atoms with Gasteiger partial charge in [-0.05, 0) is 56.1 Å². The first-order valence-electron chi connectivity index (χ1n) is 10.2. The van der Waals surface area contributed by atoms with E-state index in [1.165, 1.54) is 16.9 Å². The molecule has 0 saturated heterocycles. The largest absolute Gasteiger partial charge is 0.307 e. The number of benzene rings is 2. The molecule has 3 rings (SSSR count). The van der Waals surface area contributed by atoms with Crippen LogP contribution in [0.2, 0.25) is 0 Å². The van der Waals surface area contributed by atoms with E-state index in [4.69, 9.17) is 0 Å². The average molecular weight is 448 g/mol. The van der Waals surface area contributed by atoms with Crippen LogP contribution in [0.4, 0.5) is 0 Å². The molecule has 8 heteroatoms. The molecule has 1 heterocycles. The quantitative estimate of drug-likeness (QED) is 0.518. The molecule has 30 heavy (non-hydrogen) atoms. The van der Waals surface area contributed by atoms with Crippen LogP contribution in [-0.4, -0.2) is 44.1 Å². The van der Waals surface area contributed by atoms with Gasteiger partial charge in [0.25, 0.3) is 0 Å². The molecule has 0 aliphatic rings. The number of aromatic nitrogens is 1. The van der Waals surface area contributed by atoms with Gasteiger partial charge in [0.2, 0.25) is 10.0 Å². The summed E-state index contributed by atoms with van der Waals surface area (Å²) < 4.78 is 30.3. The van der Waals surface area contributed by atoms with Crippen molar-refractivity contribution in [2.75, 3.05) is 26.2 Å².